The molecular formula is C14H22N4O2. The summed E-state index contributed by atoms with van der Waals surface area (Å²) in [6.07, 6.45) is 5.23. The van der Waals surface area contributed by atoms with Crippen molar-refractivity contribution in [2.24, 2.45) is 5.92 Å². The predicted octanol–water partition coefficient (Wildman–Crippen LogP) is 2.19. The van der Waals surface area contributed by atoms with Crippen LogP contribution in [-0.4, -0.2) is 45.7 Å². The van der Waals surface area contributed by atoms with E-state index in [2.05, 4.69) is 10.3 Å². The first kappa shape index (κ1) is 13.4. The van der Waals surface area contributed by atoms with Crippen LogP contribution in [-0.2, 0) is 4.74 Å². The second-order valence-electron chi connectivity index (χ2n) is 6.26. The van der Waals surface area contributed by atoms with Gasteiger partial charge in [-0.3, -0.25) is 0 Å². The number of hydrogen-bond donors (Lipinski definition) is 0. The molecule has 0 N–H and O–H groups in total. The molecule has 1 amide bonds. The molecule has 0 bridgehead atoms. The molecular weight excluding hydrogens is 256 g/mol. The molecule has 2 aliphatic rings. The minimum absolute atomic E-state index is 0.205. The Morgan fingerprint density at radius 2 is 2.25 bits per heavy atom. The summed E-state index contributed by atoms with van der Waals surface area (Å²) < 4.78 is 7.19. The molecule has 1 atom stereocenters. The number of amides is 1. The number of ether oxygens (including phenoxy) is 1. The fraction of sp³-hybridized carbons (Fsp3) is 0.786. The molecule has 0 aromatic carbocycles. The average molecular weight is 278 g/mol. The largest absolute Gasteiger partial charge is 0.449 e. The van der Waals surface area contributed by atoms with Crippen LogP contribution in [0.5, 0.6) is 0 Å². The Kier molecular flexibility index (Phi) is 3.63. The van der Waals surface area contributed by atoms with Crippen molar-refractivity contribution in [3.05, 3.63) is 11.9 Å². The van der Waals surface area contributed by atoms with E-state index in [1.165, 1.54) is 12.8 Å². The number of carbonyl (C=O) groups is 1. The van der Waals surface area contributed by atoms with Crippen LogP contribution in [0.4, 0.5) is 4.79 Å². The van der Waals surface area contributed by atoms with Crippen LogP contribution in [0.15, 0.2) is 6.20 Å². The third-order valence-electron chi connectivity index (χ3n) is 3.86. The molecule has 1 saturated carbocycles. The van der Waals surface area contributed by atoms with Crippen molar-refractivity contribution in [3.8, 4) is 0 Å². The van der Waals surface area contributed by atoms with Crippen LogP contribution in [0.1, 0.15) is 50.8 Å². The fourth-order valence-corrected chi connectivity index (χ4v) is 2.49. The van der Waals surface area contributed by atoms with Gasteiger partial charge in [-0.1, -0.05) is 19.1 Å². The maximum Gasteiger partial charge on any atom is 0.409 e. The van der Waals surface area contributed by atoms with Crippen molar-refractivity contribution in [1.29, 1.82) is 0 Å². The lowest BCUT2D eigenvalue weighted by Gasteiger charge is -2.17. The smallest absolute Gasteiger partial charge is 0.409 e. The third-order valence-corrected chi connectivity index (χ3v) is 3.86. The first-order valence-corrected chi connectivity index (χ1v) is 7.47. The fourth-order valence-electron chi connectivity index (χ4n) is 2.49. The lowest BCUT2D eigenvalue weighted by molar-refractivity contribution is 0.0983. The minimum atomic E-state index is -0.205. The number of rotatable bonds is 4. The third kappa shape index (κ3) is 2.94. The highest BCUT2D eigenvalue weighted by Gasteiger charge is 2.31. The zero-order chi connectivity index (χ0) is 14.1. The second kappa shape index (κ2) is 5.42. The zero-order valence-corrected chi connectivity index (χ0v) is 12.2. The summed E-state index contributed by atoms with van der Waals surface area (Å²) in [5.74, 6) is 0.992. The molecule has 1 unspecified atom stereocenters. The van der Waals surface area contributed by atoms with E-state index in [0.717, 1.165) is 18.7 Å². The van der Waals surface area contributed by atoms with Gasteiger partial charge in [0.1, 0.15) is 0 Å². The number of likely N-dealkylation sites (tertiary alicyclic amines) is 1. The van der Waals surface area contributed by atoms with Gasteiger partial charge in [0.2, 0.25) is 0 Å². The summed E-state index contributed by atoms with van der Waals surface area (Å²) in [4.78, 5) is 13.7. The van der Waals surface area contributed by atoms with Gasteiger partial charge in [0, 0.05) is 25.2 Å². The summed E-state index contributed by atoms with van der Waals surface area (Å²) in [5, 5.41) is 8.45. The van der Waals surface area contributed by atoms with Gasteiger partial charge in [0.25, 0.3) is 0 Å². The quantitative estimate of drug-likeness (QED) is 0.847. The van der Waals surface area contributed by atoms with Gasteiger partial charge in [0.15, 0.2) is 0 Å². The standard InChI is InChI=1S/C14H22N4O2/c1-10(2)9-20-14(19)17-6-5-12(7-17)18-8-13(15-16-18)11-3-4-11/h8,10-12H,3-7,9H2,1-2H3. The SMILES string of the molecule is CC(C)COC(=O)N1CCC(n2cc(C3CC3)nn2)C1. The van der Waals surface area contributed by atoms with E-state index in [9.17, 15) is 4.79 Å². The Bertz CT molecular complexity index is 481. The summed E-state index contributed by atoms with van der Waals surface area (Å²) in [6, 6.07) is 0.238. The van der Waals surface area contributed by atoms with Crippen LogP contribution < -0.4 is 0 Å². The first-order chi connectivity index (χ1) is 9.63. The lowest BCUT2D eigenvalue weighted by atomic mass is 10.2. The van der Waals surface area contributed by atoms with Gasteiger partial charge in [-0.25, -0.2) is 9.48 Å². The Hall–Kier alpha value is -1.59. The molecule has 1 aromatic heterocycles. The van der Waals surface area contributed by atoms with Crippen LogP contribution in [0.25, 0.3) is 0 Å². The topological polar surface area (TPSA) is 60.2 Å². The Morgan fingerprint density at radius 3 is 2.95 bits per heavy atom. The molecule has 1 aliphatic carbocycles. The molecule has 3 rings (SSSR count). The van der Waals surface area contributed by atoms with Gasteiger partial charge < -0.3 is 9.64 Å². The maximum atomic E-state index is 11.9. The molecule has 1 saturated heterocycles. The summed E-state index contributed by atoms with van der Waals surface area (Å²) >= 11 is 0. The van der Waals surface area contributed by atoms with E-state index in [1.807, 2.05) is 24.7 Å². The van der Waals surface area contributed by atoms with Gasteiger partial charge in [-0.15, -0.1) is 5.10 Å². The van der Waals surface area contributed by atoms with Crippen molar-refractivity contribution in [3.63, 3.8) is 0 Å². The zero-order valence-electron chi connectivity index (χ0n) is 12.2. The van der Waals surface area contributed by atoms with Gasteiger partial charge in [0.05, 0.1) is 18.3 Å². The highest BCUT2D eigenvalue weighted by molar-refractivity contribution is 5.68. The van der Waals surface area contributed by atoms with Crippen LogP contribution in [0.3, 0.4) is 0 Å². The predicted molar refractivity (Wildman–Crippen MR) is 73.4 cm³/mol. The molecule has 1 aliphatic heterocycles. The second-order valence-corrected chi connectivity index (χ2v) is 6.26. The summed E-state index contributed by atoms with van der Waals surface area (Å²) in [5.41, 5.74) is 1.10. The number of carbonyl (C=O) groups excluding carboxylic acids is 1. The van der Waals surface area contributed by atoms with Crippen LogP contribution in [0, 0.1) is 5.92 Å². The number of nitrogens with zero attached hydrogens (tertiary/aromatic N) is 4. The van der Waals surface area contributed by atoms with Crippen molar-refractivity contribution in [2.75, 3.05) is 19.7 Å². The van der Waals surface area contributed by atoms with Gasteiger partial charge >= 0.3 is 6.09 Å². The normalized spacial score (nSPS) is 22.6. The molecule has 20 heavy (non-hydrogen) atoms. The molecule has 0 radical (unpaired) electrons. The van der Waals surface area contributed by atoms with Gasteiger partial charge in [-0.05, 0) is 25.2 Å². The highest BCUT2D eigenvalue weighted by Crippen LogP contribution is 2.39. The van der Waals surface area contributed by atoms with Crippen molar-refractivity contribution in [1.82, 2.24) is 19.9 Å². The van der Waals surface area contributed by atoms with Crippen molar-refractivity contribution < 1.29 is 9.53 Å². The van der Waals surface area contributed by atoms with E-state index in [1.54, 1.807) is 4.90 Å². The van der Waals surface area contributed by atoms with E-state index >= 15 is 0 Å². The number of aromatic nitrogens is 3. The Labute approximate surface area is 119 Å². The monoisotopic (exact) mass is 278 g/mol. The molecule has 2 heterocycles. The molecule has 2 fully saturated rings. The minimum Gasteiger partial charge on any atom is -0.449 e. The van der Waals surface area contributed by atoms with Crippen LogP contribution in [0.2, 0.25) is 0 Å². The summed E-state index contributed by atoms with van der Waals surface area (Å²) in [7, 11) is 0. The first-order valence-electron chi connectivity index (χ1n) is 7.47. The van der Waals surface area contributed by atoms with Crippen molar-refractivity contribution >= 4 is 6.09 Å². The summed E-state index contributed by atoms with van der Waals surface area (Å²) in [6.45, 7) is 5.96. The average Bonchev–Trinajstić information content (AvgIpc) is 2.97. The molecule has 1 aromatic rings. The Morgan fingerprint density at radius 1 is 1.45 bits per heavy atom. The molecule has 110 valence electrons. The van der Waals surface area contributed by atoms with Crippen LogP contribution >= 0.6 is 0 Å². The number of hydrogen-bond acceptors (Lipinski definition) is 4. The van der Waals surface area contributed by atoms with E-state index < -0.39 is 0 Å². The molecule has 6 heteroatoms. The van der Waals surface area contributed by atoms with E-state index in [-0.39, 0.29) is 12.1 Å². The van der Waals surface area contributed by atoms with E-state index in [4.69, 9.17) is 4.74 Å². The van der Waals surface area contributed by atoms with Gasteiger partial charge in [-0.2, -0.15) is 0 Å². The van der Waals surface area contributed by atoms with E-state index in [0.29, 0.717) is 25.0 Å². The Balaban J connectivity index is 1.54. The molecule has 6 nitrogen and oxygen atoms in total. The molecule has 0 spiro atoms. The lowest BCUT2D eigenvalue weighted by Crippen LogP contribution is -2.30. The maximum absolute atomic E-state index is 11.9. The highest BCUT2D eigenvalue weighted by atomic mass is 16.6. The van der Waals surface area contributed by atoms with Crippen molar-refractivity contribution in [2.45, 2.75) is 45.1 Å².